The van der Waals surface area contributed by atoms with E-state index in [1.807, 2.05) is 49.4 Å². The minimum atomic E-state index is -3.39. The van der Waals surface area contributed by atoms with E-state index in [1.54, 1.807) is 13.2 Å². The Labute approximate surface area is 254 Å². The molecule has 0 aromatic heterocycles. The van der Waals surface area contributed by atoms with Gasteiger partial charge < -0.3 is 19.9 Å². The van der Waals surface area contributed by atoms with Crippen LogP contribution in [-0.2, 0) is 37.3 Å². The molecule has 2 aliphatic rings. The summed E-state index contributed by atoms with van der Waals surface area (Å²) < 4.78 is 35.1. The van der Waals surface area contributed by atoms with E-state index >= 15 is 0 Å². The van der Waals surface area contributed by atoms with Crippen LogP contribution in [0.3, 0.4) is 0 Å². The van der Waals surface area contributed by atoms with Crippen LogP contribution in [0.25, 0.3) is 0 Å². The number of carboxylic acid groups (broad SMARTS) is 1. The first-order valence-electron chi connectivity index (χ1n) is 14.6. The van der Waals surface area contributed by atoms with E-state index < -0.39 is 27.8 Å². The molecule has 2 aromatic rings. The van der Waals surface area contributed by atoms with E-state index in [4.69, 9.17) is 9.47 Å². The van der Waals surface area contributed by atoms with Crippen molar-refractivity contribution in [3.05, 3.63) is 94.6 Å². The Kier molecular flexibility index (Phi) is 11.3. The van der Waals surface area contributed by atoms with Gasteiger partial charge in [0.05, 0.1) is 25.1 Å². The fourth-order valence-electron chi connectivity index (χ4n) is 5.78. The summed E-state index contributed by atoms with van der Waals surface area (Å²) in [5, 5.41) is 12.2. The minimum Gasteiger partial charge on any atom is -0.480 e. The van der Waals surface area contributed by atoms with Crippen molar-refractivity contribution in [1.29, 1.82) is 0 Å². The molecule has 1 unspecified atom stereocenters. The van der Waals surface area contributed by atoms with Gasteiger partial charge in [0.1, 0.15) is 15.9 Å². The number of likely N-dealkylation sites (tertiary alicyclic amines) is 1. The third-order valence-corrected chi connectivity index (χ3v) is 9.07. The lowest BCUT2D eigenvalue weighted by Crippen LogP contribution is -2.42. The van der Waals surface area contributed by atoms with E-state index in [-0.39, 0.29) is 30.2 Å². The number of amides is 1. The summed E-state index contributed by atoms with van der Waals surface area (Å²) >= 11 is 0. The van der Waals surface area contributed by atoms with Crippen LogP contribution in [0.15, 0.2) is 72.3 Å². The molecule has 43 heavy (non-hydrogen) atoms. The Morgan fingerprint density at radius 2 is 1.91 bits per heavy atom. The van der Waals surface area contributed by atoms with Crippen LogP contribution in [0.5, 0.6) is 0 Å². The van der Waals surface area contributed by atoms with Gasteiger partial charge >= 0.3 is 5.97 Å². The van der Waals surface area contributed by atoms with E-state index in [0.29, 0.717) is 31.7 Å². The van der Waals surface area contributed by atoms with Crippen molar-refractivity contribution in [2.75, 3.05) is 32.3 Å². The molecule has 1 saturated heterocycles. The highest BCUT2D eigenvalue weighted by molar-refractivity contribution is 7.90. The molecular weight excluding hydrogens is 568 g/mol. The van der Waals surface area contributed by atoms with Crippen LogP contribution in [0.4, 0.5) is 0 Å². The zero-order valence-corrected chi connectivity index (χ0v) is 25.9. The van der Waals surface area contributed by atoms with E-state index in [2.05, 4.69) is 28.4 Å². The van der Waals surface area contributed by atoms with Gasteiger partial charge in [-0.05, 0) is 48.9 Å². The van der Waals surface area contributed by atoms with Crippen LogP contribution in [-0.4, -0.2) is 80.8 Å². The van der Waals surface area contributed by atoms with Gasteiger partial charge in [0.2, 0.25) is 0 Å². The van der Waals surface area contributed by atoms with Crippen LogP contribution in [0.2, 0.25) is 0 Å². The second kappa shape index (κ2) is 14.9. The second-order valence-corrected chi connectivity index (χ2v) is 13.8. The number of carboxylic acids is 1. The summed E-state index contributed by atoms with van der Waals surface area (Å²) in [6, 6.07) is 14.7. The van der Waals surface area contributed by atoms with Gasteiger partial charge in [0.15, 0.2) is 0 Å². The van der Waals surface area contributed by atoms with Crippen LogP contribution in [0.1, 0.15) is 59.2 Å². The number of hydrogen-bond acceptors (Lipinski definition) is 7. The normalized spacial score (nSPS) is 21.4. The van der Waals surface area contributed by atoms with E-state index in [9.17, 15) is 23.1 Å². The number of carbonyl (C=O) groups excluding carboxylic acids is 1. The number of nitrogens with zero attached hydrogens (tertiary/aromatic N) is 1. The van der Waals surface area contributed by atoms with Crippen molar-refractivity contribution in [2.24, 2.45) is 0 Å². The standard InChI is InChI=1S/C33H42N2O7S/c1-23-9-7-8-12-28(23)30-17-25(13-14-29(30)32(36)34-31(33(37)38)15-16-43(3,39)40)19-35-20-27(18-26(35)22-41-2)42-21-24-10-5-4-6-11-24/h4-11,13-14,17,26-28,31H,12,15-16,18-22H2,1-3H3,(H,34,36)(H,37,38)/t26-,27-,28?,31+/m1/s1. The number of benzene rings is 2. The third kappa shape index (κ3) is 9.34. The fourth-order valence-corrected chi connectivity index (χ4v) is 6.44. The summed E-state index contributed by atoms with van der Waals surface area (Å²) in [6.45, 7) is 4.56. The number of nitrogens with one attached hydrogen (secondary N) is 1. The molecule has 1 fully saturated rings. The van der Waals surface area contributed by atoms with Crippen molar-refractivity contribution in [3.8, 4) is 0 Å². The van der Waals surface area contributed by atoms with Gasteiger partial charge in [-0.25, -0.2) is 13.2 Å². The number of sulfone groups is 1. The topological polar surface area (TPSA) is 122 Å². The number of carbonyl (C=O) groups is 2. The van der Waals surface area contributed by atoms with Crippen molar-refractivity contribution in [3.63, 3.8) is 0 Å². The number of methoxy groups -OCH3 is 1. The molecular formula is C33H42N2O7S. The summed E-state index contributed by atoms with van der Waals surface area (Å²) in [5.74, 6) is -2.17. The van der Waals surface area contributed by atoms with Gasteiger partial charge in [-0.1, -0.05) is 66.3 Å². The molecule has 2 N–H and O–H groups in total. The van der Waals surface area contributed by atoms with Crippen LogP contribution in [0, 0.1) is 0 Å². The molecule has 0 saturated carbocycles. The van der Waals surface area contributed by atoms with Gasteiger partial charge in [-0.15, -0.1) is 0 Å². The number of hydrogen-bond donors (Lipinski definition) is 2. The van der Waals surface area contributed by atoms with E-state index in [0.717, 1.165) is 41.5 Å². The highest BCUT2D eigenvalue weighted by Gasteiger charge is 2.33. The highest BCUT2D eigenvalue weighted by atomic mass is 32.2. The molecule has 1 heterocycles. The maximum atomic E-state index is 13.5. The molecule has 0 spiro atoms. The predicted octanol–water partition coefficient (Wildman–Crippen LogP) is 4.10. The lowest BCUT2D eigenvalue weighted by Gasteiger charge is -2.26. The summed E-state index contributed by atoms with van der Waals surface area (Å²) in [7, 11) is -1.68. The Morgan fingerprint density at radius 1 is 1.14 bits per heavy atom. The molecule has 2 aromatic carbocycles. The fraction of sp³-hybridized carbons (Fsp3) is 0.455. The molecule has 1 aliphatic carbocycles. The predicted molar refractivity (Wildman–Crippen MR) is 166 cm³/mol. The van der Waals surface area contributed by atoms with Crippen molar-refractivity contribution >= 4 is 21.7 Å². The smallest absolute Gasteiger partial charge is 0.326 e. The molecule has 0 radical (unpaired) electrons. The molecule has 10 heteroatoms. The second-order valence-electron chi connectivity index (χ2n) is 11.5. The monoisotopic (exact) mass is 610 g/mol. The Balaban J connectivity index is 1.54. The lowest BCUT2D eigenvalue weighted by molar-refractivity contribution is -0.139. The number of aliphatic carboxylic acids is 1. The Hall–Kier alpha value is -3.31. The summed E-state index contributed by atoms with van der Waals surface area (Å²) in [6.07, 6.45) is 8.56. The van der Waals surface area contributed by atoms with Crippen molar-refractivity contribution < 1.29 is 32.6 Å². The molecule has 9 nitrogen and oxygen atoms in total. The highest BCUT2D eigenvalue weighted by Crippen LogP contribution is 2.34. The SMILES string of the molecule is COC[C@H]1C[C@@H](OCc2ccccc2)CN1Cc1ccc(C(=O)N[C@@H](CCS(C)(=O)=O)C(=O)O)c(C2CC=CC=C2C)c1. The van der Waals surface area contributed by atoms with Crippen LogP contribution < -0.4 is 5.32 Å². The summed E-state index contributed by atoms with van der Waals surface area (Å²) in [5.41, 5.74) is 4.48. The largest absolute Gasteiger partial charge is 0.480 e. The van der Waals surface area contributed by atoms with Gasteiger partial charge in [0, 0.05) is 44.0 Å². The molecule has 1 aliphatic heterocycles. The van der Waals surface area contributed by atoms with Gasteiger partial charge in [-0.3, -0.25) is 9.69 Å². The number of allylic oxidation sites excluding steroid dienone is 4. The quantitative estimate of drug-likeness (QED) is 0.328. The minimum absolute atomic E-state index is 0.0414. The van der Waals surface area contributed by atoms with Gasteiger partial charge in [0.25, 0.3) is 5.91 Å². The number of rotatable bonds is 14. The first-order chi connectivity index (χ1) is 20.5. The molecule has 0 bridgehead atoms. The lowest BCUT2D eigenvalue weighted by atomic mass is 9.82. The maximum Gasteiger partial charge on any atom is 0.326 e. The average molecular weight is 611 g/mol. The average Bonchev–Trinajstić information content (AvgIpc) is 3.35. The van der Waals surface area contributed by atoms with Crippen LogP contribution >= 0.6 is 0 Å². The summed E-state index contributed by atoms with van der Waals surface area (Å²) in [4.78, 5) is 27.7. The number of ether oxygens (including phenoxy) is 2. The van der Waals surface area contributed by atoms with Crippen molar-refractivity contribution in [2.45, 2.75) is 63.4 Å². The first-order valence-corrected chi connectivity index (χ1v) is 16.7. The van der Waals surface area contributed by atoms with Gasteiger partial charge in [-0.2, -0.15) is 0 Å². The zero-order valence-electron chi connectivity index (χ0n) is 25.1. The molecule has 4 rings (SSSR count). The molecule has 4 atom stereocenters. The zero-order chi connectivity index (χ0) is 31.0. The first kappa shape index (κ1) is 32.6. The van der Waals surface area contributed by atoms with Crippen molar-refractivity contribution in [1.82, 2.24) is 10.2 Å². The maximum absolute atomic E-state index is 13.5. The molecule has 232 valence electrons. The Bertz CT molecular complexity index is 1440. The third-order valence-electron chi connectivity index (χ3n) is 8.10. The molecule has 1 amide bonds. The van der Waals surface area contributed by atoms with E-state index in [1.165, 1.54) is 0 Å². The Morgan fingerprint density at radius 3 is 2.58 bits per heavy atom.